The zero-order valence-corrected chi connectivity index (χ0v) is 6.26. The maximum absolute atomic E-state index is 5.68. The lowest BCUT2D eigenvalue weighted by Crippen LogP contribution is -2.07. The summed E-state index contributed by atoms with van der Waals surface area (Å²) in [6.45, 7) is 0. The van der Waals surface area contributed by atoms with E-state index in [9.17, 15) is 0 Å². The molecule has 0 saturated heterocycles. The van der Waals surface area contributed by atoms with Gasteiger partial charge in [-0.25, -0.2) is 0 Å². The standard InChI is InChI=1S/C4H5Cl2Si/c5-4(6)1-2-7-3-4/h3H,1-2H2. The topological polar surface area (TPSA) is 0 Å². The van der Waals surface area contributed by atoms with E-state index in [4.69, 9.17) is 23.2 Å². The van der Waals surface area contributed by atoms with Crippen LogP contribution in [0.4, 0.5) is 0 Å². The Labute approximate surface area is 55.2 Å². The molecule has 0 aliphatic carbocycles. The first-order valence-corrected chi connectivity index (χ1v) is 4.20. The highest BCUT2D eigenvalue weighted by Gasteiger charge is 2.22. The molecule has 0 atom stereocenters. The van der Waals surface area contributed by atoms with Crippen LogP contribution in [0, 0.1) is 0 Å². The van der Waals surface area contributed by atoms with Crippen molar-refractivity contribution in [1.82, 2.24) is 0 Å². The summed E-state index contributed by atoms with van der Waals surface area (Å²) >= 11 is 11.4. The first kappa shape index (κ1) is 5.80. The van der Waals surface area contributed by atoms with Gasteiger partial charge in [-0.05, 0) is 12.5 Å². The van der Waals surface area contributed by atoms with E-state index in [1.54, 1.807) is 0 Å². The minimum Gasteiger partial charge on any atom is -0.0974 e. The number of rotatable bonds is 0. The van der Waals surface area contributed by atoms with Gasteiger partial charge in [0.05, 0.1) is 0 Å². The average Bonchev–Trinajstić information content (AvgIpc) is 1.84. The van der Waals surface area contributed by atoms with Gasteiger partial charge < -0.3 is 0 Å². The van der Waals surface area contributed by atoms with Gasteiger partial charge in [-0.1, -0.05) is 28.9 Å². The van der Waals surface area contributed by atoms with Crippen LogP contribution in [0.3, 0.4) is 0 Å². The predicted molar refractivity (Wildman–Crippen MR) is 35.7 cm³/mol. The van der Waals surface area contributed by atoms with Gasteiger partial charge in [0.25, 0.3) is 0 Å². The third-order valence-electron chi connectivity index (χ3n) is 0.916. The molecule has 0 bridgehead atoms. The highest BCUT2D eigenvalue weighted by Crippen LogP contribution is 2.26. The molecule has 7 heavy (non-hydrogen) atoms. The van der Waals surface area contributed by atoms with Crippen molar-refractivity contribution in [2.75, 3.05) is 0 Å². The SMILES string of the molecule is ClC1(Cl)C=[Si]CC1. The van der Waals surface area contributed by atoms with E-state index in [-0.39, 0.29) is 0 Å². The quantitative estimate of drug-likeness (QED) is 0.364. The molecule has 1 aliphatic heterocycles. The molecule has 0 aromatic carbocycles. The van der Waals surface area contributed by atoms with E-state index in [1.165, 1.54) is 6.04 Å². The van der Waals surface area contributed by atoms with E-state index in [0.29, 0.717) is 0 Å². The van der Waals surface area contributed by atoms with Crippen LogP contribution in [0.5, 0.6) is 0 Å². The van der Waals surface area contributed by atoms with Gasteiger partial charge in [-0.2, -0.15) is 0 Å². The molecule has 0 fully saturated rings. The molecule has 1 radical (unpaired) electrons. The Morgan fingerprint density at radius 2 is 2.29 bits per heavy atom. The van der Waals surface area contributed by atoms with Crippen molar-refractivity contribution < 1.29 is 0 Å². The second kappa shape index (κ2) is 1.88. The Morgan fingerprint density at radius 3 is 2.43 bits per heavy atom. The zero-order valence-electron chi connectivity index (χ0n) is 3.75. The van der Waals surface area contributed by atoms with Crippen LogP contribution in [0.25, 0.3) is 0 Å². The maximum atomic E-state index is 5.68. The Hall–Kier alpha value is 0.667. The predicted octanol–water partition coefficient (Wildman–Crippen LogP) is 1.49. The summed E-state index contributed by atoms with van der Waals surface area (Å²) in [5.74, 6) is 0. The molecular weight excluding hydrogens is 147 g/mol. The molecule has 0 nitrogen and oxygen atoms in total. The maximum Gasteiger partial charge on any atom is 0.132 e. The highest BCUT2D eigenvalue weighted by molar-refractivity contribution is 6.68. The smallest absolute Gasteiger partial charge is 0.0974 e. The Morgan fingerprint density at radius 1 is 1.57 bits per heavy atom. The first-order chi connectivity index (χ1) is 3.21. The van der Waals surface area contributed by atoms with Crippen LogP contribution < -0.4 is 0 Å². The van der Waals surface area contributed by atoms with Gasteiger partial charge in [0.15, 0.2) is 0 Å². The lowest BCUT2D eigenvalue weighted by atomic mass is 10.4. The summed E-state index contributed by atoms with van der Waals surface area (Å²) in [6, 6.07) is 1.17. The van der Waals surface area contributed by atoms with Gasteiger partial charge in [-0.15, -0.1) is 0 Å². The summed E-state index contributed by atoms with van der Waals surface area (Å²) in [5.41, 5.74) is 1.98. The second-order valence-electron chi connectivity index (χ2n) is 1.61. The molecule has 1 aliphatic rings. The van der Waals surface area contributed by atoms with Crippen molar-refractivity contribution in [1.29, 1.82) is 0 Å². The molecule has 0 N–H and O–H groups in total. The molecule has 1 heterocycles. The fourth-order valence-electron chi connectivity index (χ4n) is 0.532. The summed E-state index contributed by atoms with van der Waals surface area (Å²) < 4.78 is -0.474. The van der Waals surface area contributed by atoms with Crippen LogP contribution in [0.2, 0.25) is 6.04 Å². The fraction of sp³-hybridized carbons (Fsp3) is 0.750. The van der Waals surface area contributed by atoms with Crippen molar-refractivity contribution in [2.45, 2.75) is 16.8 Å². The molecule has 1 rings (SSSR count). The molecule has 0 unspecified atom stereocenters. The molecule has 0 aromatic rings. The van der Waals surface area contributed by atoms with Gasteiger partial charge >= 0.3 is 0 Å². The third kappa shape index (κ3) is 1.55. The Bertz CT molecular complexity index is 97.9. The molecular formula is C4H5Cl2Si. The average molecular weight is 152 g/mol. The summed E-state index contributed by atoms with van der Waals surface area (Å²) in [5, 5.41) is 0. The van der Waals surface area contributed by atoms with Crippen molar-refractivity contribution in [3.63, 3.8) is 0 Å². The highest BCUT2D eigenvalue weighted by atomic mass is 35.5. The lowest BCUT2D eigenvalue weighted by Gasteiger charge is -2.05. The van der Waals surface area contributed by atoms with Crippen LogP contribution in [-0.4, -0.2) is 19.1 Å². The van der Waals surface area contributed by atoms with Crippen LogP contribution >= 0.6 is 23.2 Å². The number of alkyl halides is 2. The number of hydrogen-bond acceptors (Lipinski definition) is 0. The van der Waals surface area contributed by atoms with Gasteiger partial charge in [-0.3, -0.25) is 0 Å². The normalized spacial score (nSPS) is 26.0. The molecule has 0 amide bonds. The van der Waals surface area contributed by atoms with Gasteiger partial charge in [0, 0.05) is 9.13 Å². The minimum absolute atomic E-state index is 0.474. The summed E-state index contributed by atoms with van der Waals surface area (Å²) in [6.07, 6.45) is 0.939. The van der Waals surface area contributed by atoms with Gasteiger partial charge in [0.1, 0.15) is 4.33 Å². The van der Waals surface area contributed by atoms with Crippen LogP contribution in [0.15, 0.2) is 0 Å². The van der Waals surface area contributed by atoms with E-state index >= 15 is 0 Å². The van der Waals surface area contributed by atoms with Crippen molar-refractivity contribution in [3.05, 3.63) is 0 Å². The zero-order chi connectivity index (χ0) is 5.33. The van der Waals surface area contributed by atoms with Crippen molar-refractivity contribution in [3.8, 4) is 0 Å². The van der Waals surface area contributed by atoms with Crippen molar-refractivity contribution in [2.24, 2.45) is 0 Å². The second-order valence-corrected chi connectivity index (χ2v) is 4.35. The van der Waals surface area contributed by atoms with Crippen molar-refractivity contribution >= 4 is 38.0 Å². The summed E-state index contributed by atoms with van der Waals surface area (Å²) in [4.78, 5) is 0. The molecule has 0 aromatic heterocycles. The Kier molecular flexibility index (Phi) is 1.56. The number of halogens is 2. The number of hydrogen-bond donors (Lipinski definition) is 0. The monoisotopic (exact) mass is 151 g/mol. The molecule has 0 spiro atoms. The minimum atomic E-state index is -0.474. The fourth-order valence-corrected chi connectivity index (χ4v) is 2.63. The van der Waals surface area contributed by atoms with E-state index < -0.39 is 4.33 Å². The first-order valence-electron chi connectivity index (χ1n) is 2.16. The van der Waals surface area contributed by atoms with Crippen LogP contribution in [-0.2, 0) is 0 Å². The molecule has 0 saturated carbocycles. The van der Waals surface area contributed by atoms with Gasteiger partial charge in [0.2, 0.25) is 0 Å². The summed E-state index contributed by atoms with van der Waals surface area (Å²) in [7, 11) is 0.871. The Balaban J connectivity index is 2.57. The van der Waals surface area contributed by atoms with E-state index in [2.05, 4.69) is 0 Å². The molecule has 39 valence electrons. The van der Waals surface area contributed by atoms with E-state index in [0.717, 1.165) is 15.6 Å². The third-order valence-corrected chi connectivity index (χ3v) is 3.11. The van der Waals surface area contributed by atoms with Crippen LogP contribution in [0.1, 0.15) is 6.42 Å². The molecule has 3 heteroatoms. The largest absolute Gasteiger partial charge is 0.132 e. The van der Waals surface area contributed by atoms with E-state index in [1.807, 2.05) is 5.67 Å². The lowest BCUT2D eigenvalue weighted by molar-refractivity contribution is 0.972.